The molecular weight excluding hydrogens is 316 g/mol. The summed E-state index contributed by atoms with van der Waals surface area (Å²) in [5, 5.41) is 0. The van der Waals surface area contributed by atoms with Crippen LogP contribution in [0.5, 0.6) is 0 Å². The number of carbonyl (C=O) groups excluding carboxylic acids is 2. The number of hydrogen-bond donors (Lipinski definition) is 0. The van der Waals surface area contributed by atoms with Crippen LogP contribution >= 0.6 is 0 Å². The quantitative estimate of drug-likeness (QED) is 0.625. The van der Waals surface area contributed by atoms with Gasteiger partial charge in [-0.3, -0.25) is 0 Å². The predicted molar refractivity (Wildman–Crippen MR) is 86.7 cm³/mol. The molecule has 1 rings (SSSR count). The van der Waals surface area contributed by atoms with Gasteiger partial charge in [-0.1, -0.05) is 6.42 Å². The van der Waals surface area contributed by atoms with Crippen molar-refractivity contribution in [1.82, 2.24) is 0 Å². The van der Waals surface area contributed by atoms with Gasteiger partial charge in [0.05, 0.1) is 18.8 Å². The van der Waals surface area contributed by atoms with Crippen LogP contribution in [0, 0.1) is 0 Å². The summed E-state index contributed by atoms with van der Waals surface area (Å²) in [5.74, 6) is -0.445. The third kappa shape index (κ3) is 6.65. The summed E-state index contributed by atoms with van der Waals surface area (Å²) in [6, 6.07) is 0. The highest BCUT2D eigenvalue weighted by atomic mass is 16.7. The Balaban J connectivity index is 2.47. The summed E-state index contributed by atoms with van der Waals surface area (Å²) in [4.78, 5) is 23.6. The van der Waals surface area contributed by atoms with E-state index >= 15 is 0 Å². The zero-order chi connectivity index (χ0) is 18.2. The van der Waals surface area contributed by atoms with E-state index in [9.17, 15) is 9.59 Å². The van der Waals surface area contributed by atoms with E-state index in [0.717, 1.165) is 25.7 Å². The molecule has 0 saturated heterocycles. The smallest absolute Gasteiger partial charge is 0.457 e. The van der Waals surface area contributed by atoms with Gasteiger partial charge in [0, 0.05) is 7.11 Å². The molecule has 0 N–H and O–H groups in total. The fourth-order valence-electron chi connectivity index (χ4n) is 2.68. The van der Waals surface area contributed by atoms with Crippen molar-refractivity contribution in [1.29, 1.82) is 0 Å². The molecule has 7 heteroatoms. The van der Waals surface area contributed by atoms with Gasteiger partial charge in [-0.2, -0.15) is 0 Å². The van der Waals surface area contributed by atoms with Gasteiger partial charge in [-0.25, -0.2) is 9.59 Å². The van der Waals surface area contributed by atoms with E-state index in [-0.39, 0.29) is 25.4 Å². The van der Waals surface area contributed by atoms with E-state index in [1.54, 1.807) is 34.8 Å². The molecule has 0 heterocycles. The monoisotopic (exact) mass is 346 g/mol. The standard InChI is InChI=1S/C17H30O7/c1-6-21-16(19)22-11-12(2)24-17(3,4)15(18)23-14-10-8-7-9-13(14)20-5/h12-14H,6-11H2,1-5H3. The van der Waals surface area contributed by atoms with Crippen molar-refractivity contribution in [2.75, 3.05) is 20.3 Å². The number of hydrogen-bond acceptors (Lipinski definition) is 7. The van der Waals surface area contributed by atoms with Crippen molar-refractivity contribution in [2.45, 2.75) is 77.3 Å². The minimum absolute atomic E-state index is 0.000329. The van der Waals surface area contributed by atoms with Crippen molar-refractivity contribution >= 4 is 12.1 Å². The highest BCUT2D eigenvalue weighted by Crippen LogP contribution is 2.26. The van der Waals surface area contributed by atoms with Gasteiger partial charge in [-0.05, 0) is 47.0 Å². The SMILES string of the molecule is CCOC(=O)OCC(C)OC(C)(C)C(=O)OC1CCCCC1OC. The fraction of sp³-hybridized carbons (Fsp3) is 0.882. The molecule has 7 nitrogen and oxygen atoms in total. The molecule has 24 heavy (non-hydrogen) atoms. The van der Waals surface area contributed by atoms with Gasteiger partial charge in [0.15, 0.2) is 5.60 Å². The first kappa shape index (κ1) is 20.7. The maximum Gasteiger partial charge on any atom is 0.508 e. The molecule has 0 aromatic heterocycles. The summed E-state index contributed by atoms with van der Waals surface area (Å²) < 4.78 is 26.3. The van der Waals surface area contributed by atoms with E-state index in [0.29, 0.717) is 0 Å². The Morgan fingerprint density at radius 1 is 1.12 bits per heavy atom. The molecule has 1 aliphatic rings. The van der Waals surface area contributed by atoms with Gasteiger partial charge in [0.25, 0.3) is 0 Å². The topological polar surface area (TPSA) is 80.3 Å². The van der Waals surface area contributed by atoms with E-state index in [2.05, 4.69) is 4.74 Å². The van der Waals surface area contributed by atoms with Gasteiger partial charge >= 0.3 is 12.1 Å². The minimum atomic E-state index is -1.15. The Morgan fingerprint density at radius 2 is 1.75 bits per heavy atom. The second-order valence-corrected chi connectivity index (χ2v) is 6.44. The Morgan fingerprint density at radius 3 is 2.33 bits per heavy atom. The highest BCUT2D eigenvalue weighted by Gasteiger charge is 2.37. The molecule has 3 atom stereocenters. The number of methoxy groups -OCH3 is 1. The van der Waals surface area contributed by atoms with Gasteiger partial charge in [-0.15, -0.1) is 0 Å². The van der Waals surface area contributed by atoms with E-state index in [1.165, 1.54) is 0 Å². The summed E-state index contributed by atoms with van der Waals surface area (Å²) in [6.45, 7) is 6.93. The van der Waals surface area contributed by atoms with Crippen LogP contribution in [0.2, 0.25) is 0 Å². The van der Waals surface area contributed by atoms with Crippen molar-refractivity contribution in [3.63, 3.8) is 0 Å². The van der Waals surface area contributed by atoms with E-state index in [4.69, 9.17) is 18.9 Å². The van der Waals surface area contributed by atoms with Crippen molar-refractivity contribution in [3.8, 4) is 0 Å². The molecule has 0 spiro atoms. The first-order valence-corrected chi connectivity index (χ1v) is 8.51. The Bertz CT molecular complexity index is 408. The van der Waals surface area contributed by atoms with Crippen LogP contribution in [-0.2, 0) is 28.5 Å². The van der Waals surface area contributed by atoms with Gasteiger partial charge < -0.3 is 23.7 Å². The van der Waals surface area contributed by atoms with E-state index < -0.39 is 23.8 Å². The van der Waals surface area contributed by atoms with E-state index in [1.807, 2.05) is 0 Å². The van der Waals surface area contributed by atoms with Crippen LogP contribution in [0.15, 0.2) is 0 Å². The molecule has 0 aliphatic heterocycles. The van der Waals surface area contributed by atoms with Crippen LogP contribution in [0.3, 0.4) is 0 Å². The number of ether oxygens (including phenoxy) is 5. The minimum Gasteiger partial charge on any atom is -0.457 e. The van der Waals surface area contributed by atoms with Crippen molar-refractivity contribution < 1.29 is 33.3 Å². The first-order chi connectivity index (χ1) is 11.3. The average Bonchev–Trinajstić information content (AvgIpc) is 2.53. The summed E-state index contributed by atoms with van der Waals surface area (Å²) in [5.41, 5.74) is -1.15. The van der Waals surface area contributed by atoms with Gasteiger partial charge in [0.1, 0.15) is 12.7 Å². The lowest BCUT2D eigenvalue weighted by Gasteiger charge is -2.33. The lowest BCUT2D eigenvalue weighted by Crippen LogP contribution is -2.45. The van der Waals surface area contributed by atoms with Crippen LogP contribution in [0.25, 0.3) is 0 Å². The highest BCUT2D eigenvalue weighted by molar-refractivity contribution is 5.78. The van der Waals surface area contributed by atoms with Crippen LogP contribution < -0.4 is 0 Å². The second kappa shape index (κ2) is 9.84. The molecule has 0 bridgehead atoms. The average molecular weight is 346 g/mol. The molecule has 0 aromatic rings. The van der Waals surface area contributed by atoms with Crippen molar-refractivity contribution in [3.05, 3.63) is 0 Å². The zero-order valence-corrected chi connectivity index (χ0v) is 15.3. The molecule has 1 saturated carbocycles. The van der Waals surface area contributed by atoms with Crippen LogP contribution in [0.4, 0.5) is 4.79 Å². The predicted octanol–water partition coefficient (Wildman–Crippen LogP) is 2.84. The van der Waals surface area contributed by atoms with Crippen LogP contribution in [0.1, 0.15) is 53.4 Å². The number of rotatable bonds is 8. The van der Waals surface area contributed by atoms with Gasteiger partial charge in [0.2, 0.25) is 0 Å². The molecule has 140 valence electrons. The summed E-state index contributed by atoms with van der Waals surface area (Å²) in [7, 11) is 1.63. The molecule has 1 aliphatic carbocycles. The molecule has 0 amide bonds. The third-order valence-corrected chi connectivity index (χ3v) is 3.89. The molecule has 0 radical (unpaired) electrons. The number of carbonyl (C=O) groups is 2. The molecular formula is C17H30O7. The maximum atomic E-state index is 12.4. The molecule has 3 unspecified atom stereocenters. The van der Waals surface area contributed by atoms with Crippen LogP contribution in [-0.4, -0.2) is 56.4 Å². The second-order valence-electron chi connectivity index (χ2n) is 6.44. The first-order valence-electron chi connectivity index (χ1n) is 8.51. The fourth-order valence-corrected chi connectivity index (χ4v) is 2.68. The Hall–Kier alpha value is -1.34. The third-order valence-electron chi connectivity index (χ3n) is 3.89. The molecule has 0 aromatic carbocycles. The lowest BCUT2D eigenvalue weighted by atomic mass is 9.94. The maximum absolute atomic E-state index is 12.4. The Labute approximate surface area is 143 Å². The molecule has 1 fully saturated rings. The number of esters is 1. The summed E-state index contributed by atoms with van der Waals surface area (Å²) in [6.07, 6.45) is 2.24. The normalized spacial score (nSPS) is 22.5. The van der Waals surface area contributed by atoms with Crippen molar-refractivity contribution in [2.24, 2.45) is 0 Å². The Kier molecular flexibility index (Phi) is 8.48. The summed E-state index contributed by atoms with van der Waals surface area (Å²) >= 11 is 0. The zero-order valence-electron chi connectivity index (χ0n) is 15.3. The lowest BCUT2D eigenvalue weighted by molar-refractivity contribution is -0.189. The largest absolute Gasteiger partial charge is 0.508 e.